The molecule has 1 aliphatic rings. The van der Waals surface area contributed by atoms with Crippen LogP contribution in [0.25, 0.3) is 0 Å². The van der Waals surface area contributed by atoms with Gasteiger partial charge >= 0.3 is 5.97 Å². The van der Waals surface area contributed by atoms with Gasteiger partial charge in [0.15, 0.2) is 0 Å². The molecule has 0 atom stereocenters. The molecule has 0 saturated carbocycles. The normalized spacial score (nSPS) is 17.8. The highest BCUT2D eigenvalue weighted by Gasteiger charge is 2.32. The molecular weight excluding hydrogens is 244 g/mol. The van der Waals surface area contributed by atoms with E-state index in [0.29, 0.717) is 12.1 Å². The number of amides is 1. The second-order valence-corrected chi connectivity index (χ2v) is 5.30. The molecule has 1 aromatic rings. The average molecular weight is 262 g/mol. The van der Waals surface area contributed by atoms with E-state index in [-0.39, 0.29) is 24.0 Å². The maximum atomic E-state index is 11.8. The van der Waals surface area contributed by atoms with Crippen LogP contribution < -0.4 is 10.2 Å². The van der Waals surface area contributed by atoms with Gasteiger partial charge in [0.2, 0.25) is 5.91 Å². The molecule has 1 amide bonds. The summed E-state index contributed by atoms with van der Waals surface area (Å²) in [5.74, 6) is -0.435. The third kappa shape index (κ3) is 2.86. The van der Waals surface area contributed by atoms with Crippen molar-refractivity contribution in [1.82, 2.24) is 5.32 Å². The predicted octanol–water partition coefficient (Wildman–Crippen LogP) is 1.19. The van der Waals surface area contributed by atoms with E-state index in [1.807, 2.05) is 30.9 Å². The Hall–Kier alpha value is -2.04. The highest BCUT2D eigenvalue weighted by molar-refractivity contribution is 5.97. The van der Waals surface area contributed by atoms with Gasteiger partial charge in [-0.3, -0.25) is 4.79 Å². The van der Waals surface area contributed by atoms with Crippen molar-refractivity contribution < 1.29 is 14.3 Å². The van der Waals surface area contributed by atoms with Crippen molar-refractivity contribution in [2.24, 2.45) is 0 Å². The van der Waals surface area contributed by atoms with Crippen LogP contribution in [0.1, 0.15) is 24.2 Å². The van der Waals surface area contributed by atoms with Gasteiger partial charge < -0.3 is 15.0 Å². The molecular formula is C14H18N2O3. The van der Waals surface area contributed by atoms with Gasteiger partial charge in [0, 0.05) is 6.54 Å². The molecule has 5 heteroatoms. The Morgan fingerprint density at radius 1 is 1.37 bits per heavy atom. The minimum absolute atomic E-state index is 0.0454. The molecule has 1 aromatic carbocycles. The van der Waals surface area contributed by atoms with Gasteiger partial charge in [-0.15, -0.1) is 0 Å². The summed E-state index contributed by atoms with van der Waals surface area (Å²) < 4.78 is 4.78. The van der Waals surface area contributed by atoms with Crippen LogP contribution >= 0.6 is 0 Å². The Balaban J connectivity index is 2.36. The zero-order chi connectivity index (χ0) is 14.0. The Bertz CT molecular complexity index is 511. The number of hydrogen-bond donors (Lipinski definition) is 1. The number of nitrogens with zero attached hydrogens (tertiary/aromatic N) is 1. The zero-order valence-electron chi connectivity index (χ0n) is 11.4. The molecule has 0 unspecified atom stereocenters. The smallest absolute Gasteiger partial charge is 0.339 e. The molecule has 0 spiro atoms. The minimum Gasteiger partial charge on any atom is -0.465 e. The molecule has 2 rings (SSSR count). The number of para-hydroxylation sites is 1. The molecule has 1 aliphatic heterocycles. The van der Waals surface area contributed by atoms with E-state index in [9.17, 15) is 9.59 Å². The number of benzene rings is 1. The molecule has 0 aliphatic carbocycles. The van der Waals surface area contributed by atoms with Gasteiger partial charge in [-0.2, -0.15) is 0 Å². The first-order valence-electron chi connectivity index (χ1n) is 6.16. The molecule has 1 fully saturated rings. The molecule has 1 saturated heterocycles. The molecule has 0 radical (unpaired) electrons. The fourth-order valence-electron chi connectivity index (χ4n) is 2.37. The van der Waals surface area contributed by atoms with Gasteiger partial charge in [0.25, 0.3) is 0 Å². The zero-order valence-corrected chi connectivity index (χ0v) is 11.4. The van der Waals surface area contributed by atoms with Crippen LogP contribution in [-0.2, 0) is 9.53 Å². The first kappa shape index (κ1) is 13.4. The van der Waals surface area contributed by atoms with Crippen LogP contribution in [0.3, 0.4) is 0 Å². The molecule has 102 valence electrons. The van der Waals surface area contributed by atoms with Crippen LogP contribution in [0.2, 0.25) is 0 Å². The number of piperazine rings is 1. The minimum atomic E-state index is -0.389. The van der Waals surface area contributed by atoms with E-state index in [4.69, 9.17) is 4.74 Å². The number of anilines is 1. The monoisotopic (exact) mass is 262 g/mol. The molecule has 19 heavy (non-hydrogen) atoms. The summed E-state index contributed by atoms with van der Waals surface area (Å²) in [6, 6.07) is 7.17. The number of nitrogens with one attached hydrogen (secondary N) is 1. The highest BCUT2D eigenvalue weighted by atomic mass is 16.5. The molecule has 0 aromatic heterocycles. The van der Waals surface area contributed by atoms with Gasteiger partial charge in [-0.05, 0) is 26.0 Å². The van der Waals surface area contributed by atoms with Crippen molar-refractivity contribution in [3.8, 4) is 0 Å². The third-order valence-electron chi connectivity index (χ3n) is 3.05. The van der Waals surface area contributed by atoms with E-state index >= 15 is 0 Å². The third-order valence-corrected chi connectivity index (χ3v) is 3.05. The number of ether oxygens (including phenoxy) is 1. The molecule has 0 bridgehead atoms. The van der Waals surface area contributed by atoms with Crippen LogP contribution in [0, 0.1) is 0 Å². The summed E-state index contributed by atoms with van der Waals surface area (Å²) in [6.07, 6.45) is 0. The summed E-state index contributed by atoms with van der Waals surface area (Å²) in [5.41, 5.74) is 0.895. The van der Waals surface area contributed by atoms with Gasteiger partial charge in [-0.1, -0.05) is 12.1 Å². The van der Waals surface area contributed by atoms with Gasteiger partial charge in [0.05, 0.1) is 30.4 Å². The lowest BCUT2D eigenvalue weighted by Crippen LogP contribution is -2.60. The van der Waals surface area contributed by atoms with E-state index in [1.54, 1.807) is 12.1 Å². The van der Waals surface area contributed by atoms with Crippen molar-refractivity contribution in [3.63, 3.8) is 0 Å². The first-order valence-corrected chi connectivity index (χ1v) is 6.16. The summed E-state index contributed by atoms with van der Waals surface area (Å²) in [5, 5.41) is 2.92. The number of carbonyl (C=O) groups excluding carboxylic acids is 2. The van der Waals surface area contributed by atoms with E-state index in [1.165, 1.54) is 7.11 Å². The lowest BCUT2D eigenvalue weighted by molar-refractivity contribution is -0.122. The summed E-state index contributed by atoms with van der Waals surface area (Å²) in [4.78, 5) is 25.4. The second-order valence-electron chi connectivity index (χ2n) is 5.30. The van der Waals surface area contributed by atoms with E-state index in [0.717, 1.165) is 5.69 Å². The van der Waals surface area contributed by atoms with Gasteiger partial charge in [-0.25, -0.2) is 4.79 Å². The largest absolute Gasteiger partial charge is 0.465 e. The fourth-order valence-corrected chi connectivity index (χ4v) is 2.37. The lowest BCUT2D eigenvalue weighted by Gasteiger charge is -2.40. The van der Waals surface area contributed by atoms with Crippen LogP contribution in [0.5, 0.6) is 0 Å². The number of methoxy groups -OCH3 is 1. The summed E-state index contributed by atoms with van der Waals surface area (Å²) in [7, 11) is 1.35. The Labute approximate surface area is 112 Å². The van der Waals surface area contributed by atoms with E-state index in [2.05, 4.69) is 5.32 Å². The highest BCUT2D eigenvalue weighted by Crippen LogP contribution is 2.24. The Morgan fingerprint density at radius 2 is 2.05 bits per heavy atom. The fraction of sp³-hybridized carbons (Fsp3) is 0.429. The van der Waals surface area contributed by atoms with Crippen molar-refractivity contribution in [1.29, 1.82) is 0 Å². The standard InChI is InChI=1S/C14H18N2O3/c1-14(2)9-16(8-12(17)15-14)11-7-5-4-6-10(11)13(18)19-3/h4-7H,8-9H2,1-3H3,(H,15,17). The van der Waals surface area contributed by atoms with Gasteiger partial charge in [0.1, 0.15) is 0 Å². The maximum absolute atomic E-state index is 11.8. The topological polar surface area (TPSA) is 58.6 Å². The van der Waals surface area contributed by atoms with Crippen LogP contribution in [0.15, 0.2) is 24.3 Å². The predicted molar refractivity (Wildman–Crippen MR) is 72.2 cm³/mol. The molecule has 1 N–H and O–H groups in total. The van der Waals surface area contributed by atoms with Crippen molar-refractivity contribution in [2.45, 2.75) is 19.4 Å². The SMILES string of the molecule is COC(=O)c1ccccc1N1CC(=O)NC(C)(C)C1. The Kier molecular flexibility index (Phi) is 3.46. The quantitative estimate of drug-likeness (QED) is 0.813. The molecule has 1 heterocycles. The molecule has 5 nitrogen and oxygen atoms in total. The van der Waals surface area contributed by atoms with Crippen LogP contribution in [0.4, 0.5) is 5.69 Å². The number of carbonyl (C=O) groups is 2. The Morgan fingerprint density at radius 3 is 2.68 bits per heavy atom. The lowest BCUT2D eigenvalue weighted by atomic mass is 10.0. The van der Waals surface area contributed by atoms with E-state index < -0.39 is 0 Å². The van der Waals surface area contributed by atoms with Crippen LogP contribution in [-0.4, -0.2) is 37.6 Å². The first-order chi connectivity index (χ1) is 8.93. The van der Waals surface area contributed by atoms with Crippen molar-refractivity contribution in [3.05, 3.63) is 29.8 Å². The average Bonchev–Trinajstić information content (AvgIpc) is 2.35. The summed E-state index contributed by atoms with van der Waals surface area (Å²) >= 11 is 0. The van der Waals surface area contributed by atoms with Crippen molar-refractivity contribution in [2.75, 3.05) is 25.1 Å². The second kappa shape index (κ2) is 4.91. The van der Waals surface area contributed by atoms with Crippen molar-refractivity contribution >= 4 is 17.6 Å². The summed E-state index contributed by atoms with van der Waals surface area (Å²) in [6.45, 7) is 4.81. The maximum Gasteiger partial charge on any atom is 0.339 e. The number of esters is 1. The number of rotatable bonds is 2. The number of hydrogen-bond acceptors (Lipinski definition) is 4.